The van der Waals surface area contributed by atoms with Gasteiger partial charge in [0.15, 0.2) is 11.2 Å². The first kappa shape index (κ1) is 11.9. The Morgan fingerprint density at radius 1 is 1.50 bits per heavy atom. The van der Waals surface area contributed by atoms with Crippen LogP contribution in [0.25, 0.3) is 10.9 Å². The van der Waals surface area contributed by atoms with Gasteiger partial charge in [0.25, 0.3) is 0 Å². The van der Waals surface area contributed by atoms with Crippen molar-refractivity contribution in [2.24, 2.45) is 0 Å². The van der Waals surface area contributed by atoms with Crippen LogP contribution in [0.5, 0.6) is 0 Å². The monoisotopic (exact) mass is 311 g/mol. The summed E-state index contributed by atoms with van der Waals surface area (Å²) < 4.78 is 19.7. The lowest BCUT2D eigenvalue weighted by Crippen LogP contribution is -2.22. The molecular formula is C13H11BrFNO2. The highest BCUT2D eigenvalue weighted by Crippen LogP contribution is 2.26. The molecule has 0 saturated carbocycles. The summed E-state index contributed by atoms with van der Waals surface area (Å²) in [6.07, 6.45) is 0.664. The van der Waals surface area contributed by atoms with E-state index in [4.69, 9.17) is 4.74 Å². The Bertz CT molecular complexity index is 708. The van der Waals surface area contributed by atoms with E-state index < -0.39 is 5.82 Å². The van der Waals surface area contributed by atoms with E-state index in [2.05, 4.69) is 20.9 Å². The van der Waals surface area contributed by atoms with Crippen LogP contribution in [-0.2, 0) is 17.8 Å². The third kappa shape index (κ3) is 1.61. The summed E-state index contributed by atoms with van der Waals surface area (Å²) in [5, 5.41) is 0.117. The van der Waals surface area contributed by atoms with Gasteiger partial charge in [-0.2, -0.15) is 0 Å². The van der Waals surface area contributed by atoms with Crippen LogP contribution in [0.3, 0.4) is 0 Å². The molecular weight excluding hydrogens is 301 g/mol. The maximum atomic E-state index is 14.1. The molecule has 0 unspecified atom stereocenters. The number of aromatic amines is 1. The molecule has 0 fully saturated rings. The van der Waals surface area contributed by atoms with Crippen LogP contribution in [0.1, 0.15) is 16.8 Å². The summed E-state index contributed by atoms with van der Waals surface area (Å²) >= 11 is 3.14. The van der Waals surface area contributed by atoms with Crippen molar-refractivity contribution in [1.29, 1.82) is 0 Å². The fourth-order valence-electron chi connectivity index (χ4n) is 2.36. The van der Waals surface area contributed by atoms with Gasteiger partial charge in [0.2, 0.25) is 0 Å². The van der Waals surface area contributed by atoms with Crippen molar-refractivity contribution in [3.63, 3.8) is 0 Å². The lowest BCUT2D eigenvalue weighted by molar-refractivity contribution is 0.108. The minimum Gasteiger partial charge on any atom is -0.376 e. The normalized spacial score (nSPS) is 14.8. The minimum atomic E-state index is -0.509. The SMILES string of the molecule is Cc1cc(Br)c(F)c2c(=O)c3c([nH]c12)CCOC3. The molecule has 0 atom stereocenters. The van der Waals surface area contributed by atoms with Gasteiger partial charge in [-0.25, -0.2) is 4.39 Å². The van der Waals surface area contributed by atoms with Crippen molar-refractivity contribution in [3.05, 3.63) is 43.4 Å². The number of rotatable bonds is 0. The van der Waals surface area contributed by atoms with Crippen molar-refractivity contribution >= 4 is 26.8 Å². The zero-order valence-electron chi connectivity index (χ0n) is 9.77. The number of hydrogen-bond acceptors (Lipinski definition) is 2. The smallest absolute Gasteiger partial charge is 0.198 e. The summed E-state index contributed by atoms with van der Waals surface area (Å²) in [7, 11) is 0. The average molecular weight is 312 g/mol. The van der Waals surface area contributed by atoms with E-state index in [1.807, 2.05) is 6.92 Å². The molecule has 3 rings (SSSR count). The number of halogens is 2. The van der Waals surface area contributed by atoms with E-state index in [1.54, 1.807) is 6.07 Å². The average Bonchev–Trinajstić information content (AvgIpc) is 2.36. The molecule has 0 radical (unpaired) electrons. The maximum absolute atomic E-state index is 14.1. The van der Waals surface area contributed by atoms with Crippen LogP contribution in [0, 0.1) is 12.7 Å². The number of pyridine rings is 1. The molecule has 2 aromatic rings. The van der Waals surface area contributed by atoms with Crippen molar-refractivity contribution < 1.29 is 9.13 Å². The molecule has 0 spiro atoms. The quantitative estimate of drug-likeness (QED) is 0.813. The third-order valence-corrected chi connectivity index (χ3v) is 3.88. The Hall–Kier alpha value is -1.20. The van der Waals surface area contributed by atoms with Gasteiger partial charge in [0.05, 0.1) is 28.6 Å². The number of hydrogen-bond donors (Lipinski definition) is 1. The van der Waals surface area contributed by atoms with E-state index >= 15 is 0 Å². The van der Waals surface area contributed by atoms with Crippen LogP contribution in [0.2, 0.25) is 0 Å². The van der Waals surface area contributed by atoms with Gasteiger partial charge in [0.1, 0.15) is 0 Å². The number of nitrogens with one attached hydrogen (secondary N) is 1. The van der Waals surface area contributed by atoms with E-state index in [1.165, 1.54) is 0 Å². The third-order valence-electron chi connectivity index (χ3n) is 3.30. The van der Waals surface area contributed by atoms with Crippen LogP contribution < -0.4 is 5.43 Å². The first-order valence-corrected chi connectivity index (χ1v) is 6.49. The van der Waals surface area contributed by atoms with Crippen LogP contribution in [0.15, 0.2) is 15.3 Å². The second-order valence-corrected chi connectivity index (χ2v) is 5.31. The number of fused-ring (bicyclic) bond motifs is 2. The Morgan fingerprint density at radius 3 is 3.06 bits per heavy atom. The Kier molecular flexibility index (Phi) is 2.75. The first-order valence-electron chi connectivity index (χ1n) is 5.69. The minimum absolute atomic E-state index is 0.117. The van der Waals surface area contributed by atoms with E-state index in [-0.39, 0.29) is 17.4 Å². The zero-order chi connectivity index (χ0) is 12.9. The van der Waals surface area contributed by atoms with Gasteiger partial charge in [-0.05, 0) is 34.5 Å². The molecule has 0 bridgehead atoms. The van der Waals surface area contributed by atoms with Gasteiger partial charge in [-0.15, -0.1) is 0 Å². The lowest BCUT2D eigenvalue weighted by atomic mass is 10.0. The molecule has 1 N–H and O–H groups in total. The number of aryl methyl sites for hydroxylation is 1. The van der Waals surface area contributed by atoms with Crippen molar-refractivity contribution in [3.8, 4) is 0 Å². The molecule has 0 aliphatic carbocycles. The highest BCUT2D eigenvalue weighted by atomic mass is 79.9. The Labute approximate surface area is 111 Å². The molecule has 3 nitrogen and oxygen atoms in total. The highest BCUT2D eigenvalue weighted by molar-refractivity contribution is 9.10. The van der Waals surface area contributed by atoms with Crippen molar-refractivity contribution in [2.45, 2.75) is 20.0 Å². The summed E-state index contributed by atoms with van der Waals surface area (Å²) in [4.78, 5) is 15.5. The Balaban J connectivity index is 2.50. The predicted molar refractivity (Wildman–Crippen MR) is 70.3 cm³/mol. The lowest BCUT2D eigenvalue weighted by Gasteiger charge is -2.17. The Morgan fingerprint density at radius 2 is 2.28 bits per heavy atom. The molecule has 18 heavy (non-hydrogen) atoms. The molecule has 0 amide bonds. The molecule has 1 aromatic heterocycles. The highest BCUT2D eigenvalue weighted by Gasteiger charge is 2.20. The van der Waals surface area contributed by atoms with Gasteiger partial charge in [0, 0.05) is 17.7 Å². The standard InChI is InChI=1S/C13H11BrFNO2/c1-6-4-8(14)11(15)10-12(6)16-9-2-3-18-5-7(9)13(10)17/h4H,2-3,5H2,1H3,(H,16,17). The summed E-state index contributed by atoms with van der Waals surface area (Å²) in [6, 6.07) is 1.68. The topological polar surface area (TPSA) is 42.1 Å². The molecule has 5 heteroatoms. The molecule has 2 heterocycles. The first-order chi connectivity index (χ1) is 8.59. The summed E-state index contributed by atoms with van der Waals surface area (Å²) in [5.41, 5.74) is 2.58. The fraction of sp³-hybridized carbons (Fsp3) is 0.308. The second-order valence-electron chi connectivity index (χ2n) is 4.45. The molecule has 1 aliphatic rings. The zero-order valence-corrected chi connectivity index (χ0v) is 11.4. The summed E-state index contributed by atoms with van der Waals surface area (Å²) in [6.45, 7) is 2.70. The number of benzene rings is 1. The van der Waals surface area contributed by atoms with Crippen molar-refractivity contribution in [1.82, 2.24) is 4.98 Å². The van der Waals surface area contributed by atoms with E-state index in [9.17, 15) is 9.18 Å². The van der Waals surface area contributed by atoms with Crippen molar-refractivity contribution in [2.75, 3.05) is 6.61 Å². The van der Waals surface area contributed by atoms with E-state index in [0.717, 1.165) is 11.3 Å². The van der Waals surface area contributed by atoms with E-state index in [0.29, 0.717) is 28.6 Å². The van der Waals surface area contributed by atoms with Gasteiger partial charge < -0.3 is 9.72 Å². The summed E-state index contributed by atoms with van der Waals surface area (Å²) in [5.74, 6) is -0.509. The molecule has 0 saturated heterocycles. The molecule has 1 aromatic carbocycles. The fourth-order valence-corrected chi connectivity index (χ4v) is 2.90. The predicted octanol–water partition coefficient (Wildman–Crippen LogP) is 2.81. The van der Waals surface area contributed by atoms with Gasteiger partial charge in [-0.1, -0.05) is 0 Å². The number of aromatic nitrogens is 1. The van der Waals surface area contributed by atoms with Gasteiger partial charge in [-0.3, -0.25) is 4.79 Å². The van der Waals surface area contributed by atoms with Crippen LogP contribution in [-0.4, -0.2) is 11.6 Å². The number of H-pyrrole nitrogens is 1. The van der Waals surface area contributed by atoms with Crippen LogP contribution >= 0.6 is 15.9 Å². The van der Waals surface area contributed by atoms with Gasteiger partial charge >= 0.3 is 0 Å². The number of ether oxygens (including phenoxy) is 1. The maximum Gasteiger partial charge on any atom is 0.198 e. The second kappa shape index (κ2) is 4.17. The molecule has 1 aliphatic heterocycles. The molecule has 94 valence electrons. The van der Waals surface area contributed by atoms with Crippen LogP contribution in [0.4, 0.5) is 4.39 Å². The largest absolute Gasteiger partial charge is 0.376 e.